The van der Waals surface area contributed by atoms with Crippen molar-refractivity contribution in [2.45, 2.75) is 33.0 Å². The molecule has 2 N–H and O–H groups in total. The predicted molar refractivity (Wildman–Crippen MR) is 66.8 cm³/mol. The lowest BCUT2D eigenvalue weighted by molar-refractivity contribution is -0.0293. The van der Waals surface area contributed by atoms with Crippen LogP contribution in [0.1, 0.15) is 17.0 Å². The van der Waals surface area contributed by atoms with Crippen molar-refractivity contribution in [2.75, 3.05) is 26.7 Å². The maximum atomic E-state index is 5.76. The Morgan fingerprint density at radius 3 is 2.82 bits per heavy atom. The summed E-state index contributed by atoms with van der Waals surface area (Å²) in [6.45, 7) is 8.26. The van der Waals surface area contributed by atoms with E-state index in [1.54, 1.807) is 0 Å². The topological polar surface area (TPSA) is 56.3 Å². The van der Waals surface area contributed by atoms with Gasteiger partial charge in [0.25, 0.3) is 0 Å². The van der Waals surface area contributed by atoms with E-state index >= 15 is 0 Å². The van der Waals surface area contributed by atoms with Crippen molar-refractivity contribution in [3.63, 3.8) is 0 Å². The number of ether oxygens (including phenoxy) is 1. The molecule has 2 rings (SSSR count). The Hall–Kier alpha value is -0.910. The van der Waals surface area contributed by atoms with Gasteiger partial charge >= 0.3 is 0 Å². The van der Waals surface area contributed by atoms with Crippen LogP contribution in [-0.2, 0) is 17.8 Å². The summed E-state index contributed by atoms with van der Waals surface area (Å²) in [6, 6.07) is 0. The van der Waals surface area contributed by atoms with Gasteiger partial charge < -0.3 is 15.4 Å². The van der Waals surface area contributed by atoms with Gasteiger partial charge in [0.2, 0.25) is 0 Å². The molecule has 0 spiro atoms. The molecule has 1 aliphatic rings. The van der Waals surface area contributed by atoms with Crippen molar-refractivity contribution in [1.29, 1.82) is 0 Å². The van der Waals surface area contributed by atoms with Gasteiger partial charge in [-0.15, -0.1) is 0 Å². The number of morpholine rings is 1. The van der Waals surface area contributed by atoms with Crippen LogP contribution in [0.5, 0.6) is 0 Å². The summed E-state index contributed by atoms with van der Waals surface area (Å²) in [5.74, 6) is 0. The quantitative estimate of drug-likeness (QED) is 0.822. The molecule has 0 amide bonds. The third kappa shape index (κ3) is 2.68. The molecule has 96 valence electrons. The molecule has 2 heterocycles. The van der Waals surface area contributed by atoms with Crippen molar-refractivity contribution >= 4 is 0 Å². The number of aromatic nitrogens is 2. The molecule has 0 radical (unpaired) electrons. The van der Waals surface area contributed by atoms with E-state index in [2.05, 4.69) is 24.0 Å². The largest absolute Gasteiger partial charge is 0.374 e. The first kappa shape index (κ1) is 12.5. The van der Waals surface area contributed by atoms with Gasteiger partial charge in [0.05, 0.1) is 24.9 Å². The molecule has 1 unspecified atom stereocenters. The van der Waals surface area contributed by atoms with Crippen LogP contribution in [0.4, 0.5) is 0 Å². The van der Waals surface area contributed by atoms with E-state index < -0.39 is 0 Å². The Labute approximate surface area is 103 Å². The fourth-order valence-electron chi connectivity index (χ4n) is 2.38. The Kier molecular flexibility index (Phi) is 3.81. The summed E-state index contributed by atoms with van der Waals surface area (Å²) in [5.41, 5.74) is 9.09. The number of rotatable bonds is 3. The predicted octanol–water partition coefficient (Wildman–Crippen LogP) is 0.289. The second kappa shape index (κ2) is 5.16. The second-order valence-electron chi connectivity index (χ2n) is 4.79. The SMILES string of the molecule is Cc1nn(CC2CN(C)CCO2)c(C)c1CN. The molecule has 0 aromatic carbocycles. The average Bonchev–Trinajstić information content (AvgIpc) is 2.54. The highest BCUT2D eigenvalue weighted by atomic mass is 16.5. The Morgan fingerprint density at radius 2 is 2.24 bits per heavy atom. The lowest BCUT2D eigenvalue weighted by atomic mass is 10.2. The molecule has 1 fully saturated rings. The number of hydrogen-bond acceptors (Lipinski definition) is 4. The van der Waals surface area contributed by atoms with E-state index in [1.807, 2.05) is 11.6 Å². The second-order valence-corrected chi connectivity index (χ2v) is 4.79. The first-order chi connectivity index (χ1) is 8.11. The van der Waals surface area contributed by atoms with Crippen LogP contribution < -0.4 is 5.73 Å². The smallest absolute Gasteiger partial charge is 0.0898 e. The maximum Gasteiger partial charge on any atom is 0.0898 e. The molecule has 1 saturated heterocycles. The lowest BCUT2D eigenvalue weighted by Crippen LogP contribution is -2.42. The van der Waals surface area contributed by atoms with E-state index in [1.165, 1.54) is 5.69 Å². The maximum absolute atomic E-state index is 5.76. The minimum absolute atomic E-state index is 0.234. The van der Waals surface area contributed by atoms with Crippen molar-refractivity contribution in [2.24, 2.45) is 5.73 Å². The minimum Gasteiger partial charge on any atom is -0.374 e. The molecule has 1 aromatic rings. The van der Waals surface area contributed by atoms with Crippen molar-refractivity contribution in [3.05, 3.63) is 17.0 Å². The Bertz CT molecular complexity index is 388. The van der Waals surface area contributed by atoms with Crippen LogP contribution in [0.25, 0.3) is 0 Å². The van der Waals surface area contributed by atoms with Crippen LogP contribution in [-0.4, -0.2) is 47.5 Å². The fraction of sp³-hybridized carbons (Fsp3) is 0.750. The van der Waals surface area contributed by atoms with Crippen molar-refractivity contribution in [3.8, 4) is 0 Å². The molecule has 5 nitrogen and oxygen atoms in total. The van der Waals surface area contributed by atoms with Gasteiger partial charge in [0.1, 0.15) is 0 Å². The third-order valence-corrected chi connectivity index (χ3v) is 3.45. The first-order valence-electron chi connectivity index (χ1n) is 6.15. The van der Waals surface area contributed by atoms with Gasteiger partial charge in [-0.3, -0.25) is 4.68 Å². The van der Waals surface area contributed by atoms with E-state index in [-0.39, 0.29) is 6.10 Å². The molecule has 1 aromatic heterocycles. The molecule has 1 aliphatic heterocycles. The number of aryl methyl sites for hydroxylation is 1. The molecule has 5 heteroatoms. The zero-order valence-electron chi connectivity index (χ0n) is 10.9. The van der Waals surface area contributed by atoms with Crippen LogP contribution in [0, 0.1) is 13.8 Å². The highest BCUT2D eigenvalue weighted by Crippen LogP contribution is 2.14. The Balaban J connectivity index is 2.08. The van der Waals surface area contributed by atoms with Crippen molar-refractivity contribution in [1.82, 2.24) is 14.7 Å². The van der Waals surface area contributed by atoms with Gasteiger partial charge in [0, 0.05) is 30.9 Å². The van der Waals surface area contributed by atoms with Crippen LogP contribution in [0.3, 0.4) is 0 Å². The summed E-state index contributed by atoms with van der Waals surface area (Å²) in [6.07, 6.45) is 0.234. The Morgan fingerprint density at radius 1 is 1.47 bits per heavy atom. The summed E-state index contributed by atoms with van der Waals surface area (Å²) in [4.78, 5) is 2.30. The van der Waals surface area contributed by atoms with Gasteiger partial charge in [-0.05, 0) is 20.9 Å². The molecular formula is C12H22N4O. The van der Waals surface area contributed by atoms with E-state index in [4.69, 9.17) is 10.5 Å². The van der Waals surface area contributed by atoms with E-state index in [9.17, 15) is 0 Å². The molecular weight excluding hydrogens is 216 g/mol. The summed E-state index contributed by atoms with van der Waals surface area (Å²) < 4.78 is 7.79. The number of hydrogen-bond donors (Lipinski definition) is 1. The third-order valence-electron chi connectivity index (χ3n) is 3.45. The molecule has 0 aliphatic carbocycles. The van der Waals surface area contributed by atoms with Gasteiger partial charge in [-0.25, -0.2) is 0 Å². The number of nitrogens with zero attached hydrogens (tertiary/aromatic N) is 3. The van der Waals surface area contributed by atoms with Gasteiger partial charge in [0.15, 0.2) is 0 Å². The highest BCUT2D eigenvalue weighted by Gasteiger charge is 2.20. The van der Waals surface area contributed by atoms with E-state index in [0.29, 0.717) is 6.54 Å². The van der Waals surface area contributed by atoms with Gasteiger partial charge in [-0.1, -0.05) is 0 Å². The highest BCUT2D eigenvalue weighted by molar-refractivity contribution is 5.24. The molecule has 17 heavy (non-hydrogen) atoms. The van der Waals surface area contributed by atoms with Gasteiger partial charge in [-0.2, -0.15) is 5.10 Å². The zero-order valence-corrected chi connectivity index (χ0v) is 10.9. The summed E-state index contributed by atoms with van der Waals surface area (Å²) in [5, 5.41) is 4.54. The van der Waals surface area contributed by atoms with Crippen LogP contribution in [0.2, 0.25) is 0 Å². The molecule has 0 bridgehead atoms. The fourth-order valence-corrected chi connectivity index (χ4v) is 2.38. The number of nitrogens with two attached hydrogens (primary N) is 1. The lowest BCUT2D eigenvalue weighted by Gasteiger charge is -2.30. The molecule has 0 saturated carbocycles. The van der Waals surface area contributed by atoms with Crippen LogP contribution in [0.15, 0.2) is 0 Å². The molecule has 1 atom stereocenters. The first-order valence-corrected chi connectivity index (χ1v) is 6.15. The van der Waals surface area contributed by atoms with Crippen LogP contribution >= 0.6 is 0 Å². The van der Waals surface area contributed by atoms with E-state index in [0.717, 1.165) is 37.5 Å². The number of likely N-dealkylation sites (N-methyl/N-ethyl adjacent to an activating group) is 1. The normalized spacial score (nSPS) is 22.0. The van der Waals surface area contributed by atoms with Crippen molar-refractivity contribution < 1.29 is 4.74 Å². The summed E-state index contributed by atoms with van der Waals surface area (Å²) in [7, 11) is 2.13. The minimum atomic E-state index is 0.234. The summed E-state index contributed by atoms with van der Waals surface area (Å²) >= 11 is 0. The average molecular weight is 238 g/mol. The monoisotopic (exact) mass is 238 g/mol. The standard InChI is InChI=1S/C12H22N4O/c1-9-12(6-13)10(2)16(14-9)8-11-7-15(3)4-5-17-11/h11H,4-8,13H2,1-3H3. The zero-order chi connectivity index (χ0) is 12.4.